The molecule has 0 aromatic heterocycles. The Bertz CT molecular complexity index is 69.5. The molecule has 0 aliphatic rings. The minimum absolute atomic E-state index is 0.864. The molecule has 0 unspecified atom stereocenters. The van der Waals surface area contributed by atoms with Crippen molar-refractivity contribution in [1.82, 2.24) is 5.32 Å². The van der Waals surface area contributed by atoms with Crippen molar-refractivity contribution in [3.8, 4) is 0 Å². The summed E-state index contributed by atoms with van der Waals surface area (Å²) in [7, 11) is 0. The molecular weight excluding hydrogens is 158 g/mol. The molecule has 0 spiro atoms. The van der Waals surface area contributed by atoms with Crippen molar-refractivity contribution in [3.05, 3.63) is 0 Å². The monoisotopic (exact) mass is 187 g/mol. The van der Waals surface area contributed by atoms with Crippen molar-refractivity contribution in [3.63, 3.8) is 0 Å². The third-order valence-corrected chi connectivity index (χ3v) is 1.84. The molecule has 0 bridgehead atoms. The van der Waals surface area contributed by atoms with Gasteiger partial charge in [-0.05, 0) is 38.3 Å². The van der Waals surface area contributed by atoms with Crippen molar-refractivity contribution in [1.29, 1.82) is 0 Å². The summed E-state index contributed by atoms with van der Waals surface area (Å²) < 4.78 is 0. The van der Waals surface area contributed by atoms with Crippen LogP contribution < -0.4 is 5.32 Å². The molecule has 0 radical (unpaired) electrons. The van der Waals surface area contributed by atoms with Crippen LogP contribution in [0.2, 0.25) is 0 Å². The molecule has 0 saturated carbocycles. The molecule has 1 N–H and O–H groups in total. The molecule has 0 rings (SSSR count). The molecule has 1 heteroatoms. The topological polar surface area (TPSA) is 12.0 Å². The molecule has 0 fully saturated rings. The SMILES string of the molecule is CC.CCCCNCCCC(C)C. The van der Waals surface area contributed by atoms with Crippen molar-refractivity contribution in [2.45, 2.75) is 60.3 Å². The van der Waals surface area contributed by atoms with Gasteiger partial charge in [0.15, 0.2) is 0 Å². The van der Waals surface area contributed by atoms with E-state index in [0.717, 1.165) is 5.92 Å². The second-order valence-corrected chi connectivity index (χ2v) is 3.64. The zero-order valence-corrected chi connectivity index (χ0v) is 10.3. The molecule has 0 heterocycles. The largest absolute Gasteiger partial charge is 0.317 e. The lowest BCUT2D eigenvalue weighted by Gasteiger charge is -2.05. The Labute approximate surface area is 85.3 Å². The highest BCUT2D eigenvalue weighted by Gasteiger charge is 1.92. The maximum Gasteiger partial charge on any atom is -0.00488 e. The van der Waals surface area contributed by atoms with Gasteiger partial charge in [-0.1, -0.05) is 41.0 Å². The highest BCUT2D eigenvalue weighted by atomic mass is 14.8. The van der Waals surface area contributed by atoms with Crippen LogP contribution in [0.1, 0.15) is 60.3 Å². The van der Waals surface area contributed by atoms with E-state index in [1.54, 1.807) is 0 Å². The van der Waals surface area contributed by atoms with Gasteiger partial charge in [0.1, 0.15) is 0 Å². The Morgan fingerprint density at radius 3 is 2.00 bits per heavy atom. The zero-order valence-electron chi connectivity index (χ0n) is 10.3. The summed E-state index contributed by atoms with van der Waals surface area (Å²) in [4.78, 5) is 0. The minimum Gasteiger partial charge on any atom is -0.317 e. The van der Waals surface area contributed by atoms with Gasteiger partial charge in [0.2, 0.25) is 0 Å². The maximum absolute atomic E-state index is 3.44. The first kappa shape index (κ1) is 15.4. The molecule has 82 valence electrons. The van der Waals surface area contributed by atoms with Crippen LogP contribution in [-0.2, 0) is 0 Å². The molecular formula is C12H29N. The fraction of sp³-hybridized carbons (Fsp3) is 1.00. The van der Waals surface area contributed by atoms with Crippen molar-refractivity contribution in [2.75, 3.05) is 13.1 Å². The molecule has 0 aliphatic heterocycles. The molecule has 1 nitrogen and oxygen atoms in total. The third kappa shape index (κ3) is 18.7. The normalized spacial score (nSPS) is 9.69. The molecule has 0 aromatic carbocycles. The average molecular weight is 187 g/mol. The Kier molecular flexibility index (Phi) is 17.2. The maximum atomic E-state index is 3.44. The second kappa shape index (κ2) is 14.5. The first-order valence-corrected chi connectivity index (χ1v) is 5.98. The molecule has 0 amide bonds. The lowest BCUT2D eigenvalue weighted by atomic mass is 10.1. The van der Waals surface area contributed by atoms with E-state index in [9.17, 15) is 0 Å². The van der Waals surface area contributed by atoms with Crippen LogP contribution >= 0.6 is 0 Å². The van der Waals surface area contributed by atoms with Gasteiger partial charge < -0.3 is 5.32 Å². The summed E-state index contributed by atoms with van der Waals surface area (Å²) >= 11 is 0. The molecule has 0 aliphatic carbocycles. The van der Waals surface area contributed by atoms with Crippen LogP contribution in [0.3, 0.4) is 0 Å². The van der Waals surface area contributed by atoms with Crippen LogP contribution in [-0.4, -0.2) is 13.1 Å². The van der Waals surface area contributed by atoms with Gasteiger partial charge in [-0.25, -0.2) is 0 Å². The van der Waals surface area contributed by atoms with Crippen LogP contribution in [0, 0.1) is 5.92 Å². The van der Waals surface area contributed by atoms with E-state index in [0.29, 0.717) is 0 Å². The summed E-state index contributed by atoms with van der Waals surface area (Å²) in [6.07, 6.45) is 5.32. The van der Waals surface area contributed by atoms with Gasteiger partial charge in [0, 0.05) is 0 Å². The van der Waals surface area contributed by atoms with E-state index in [2.05, 4.69) is 26.1 Å². The summed E-state index contributed by atoms with van der Waals surface area (Å²) in [5, 5.41) is 3.44. The van der Waals surface area contributed by atoms with E-state index >= 15 is 0 Å². The highest BCUT2D eigenvalue weighted by molar-refractivity contribution is 4.50. The Morgan fingerprint density at radius 2 is 1.54 bits per heavy atom. The van der Waals surface area contributed by atoms with E-state index in [4.69, 9.17) is 0 Å². The van der Waals surface area contributed by atoms with Crippen molar-refractivity contribution >= 4 is 0 Å². The Balaban J connectivity index is 0. The van der Waals surface area contributed by atoms with Crippen LogP contribution in [0.4, 0.5) is 0 Å². The fourth-order valence-corrected chi connectivity index (χ4v) is 1.06. The molecule has 0 aromatic rings. The predicted octanol–water partition coefficient (Wildman–Crippen LogP) is 3.84. The van der Waals surface area contributed by atoms with Gasteiger partial charge in [-0.15, -0.1) is 0 Å². The fourth-order valence-electron chi connectivity index (χ4n) is 1.06. The lowest BCUT2D eigenvalue weighted by molar-refractivity contribution is 0.523. The van der Waals surface area contributed by atoms with E-state index in [1.165, 1.54) is 38.8 Å². The Hall–Kier alpha value is -0.0400. The van der Waals surface area contributed by atoms with E-state index in [-0.39, 0.29) is 0 Å². The first-order valence-electron chi connectivity index (χ1n) is 5.98. The number of hydrogen-bond acceptors (Lipinski definition) is 1. The molecule has 0 atom stereocenters. The van der Waals surface area contributed by atoms with Gasteiger partial charge >= 0.3 is 0 Å². The number of rotatable bonds is 7. The zero-order chi connectivity index (χ0) is 10.5. The highest BCUT2D eigenvalue weighted by Crippen LogP contribution is 2.01. The van der Waals surface area contributed by atoms with Gasteiger partial charge in [0.25, 0.3) is 0 Å². The van der Waals surface area contributed by atoms with E-state index in [1.807, 2.05) is 13.8 Å². The van der Waals surface area contributed by atoms with Crippen LogP contribution in [0.25, 0.3) is 0 Å². The summed E-state index contributed by atoms with van der Waals surface area (Å²) in [5.41, 5.74) is 0. The standard InChI is InChI=1S/C10H23N.C2H6/c1-4-5-8-11-9-6-7-10(2)3;1-2/h10-11H,4-9H2,1-3H3;1-2H3. The van der Waals surface area contributed by atoms with Crippen LogP contribution in [0.5, 0.6) is 0 Å². The number of nitrogens with one attached hydrogen (secondary N) is 1. The average Bonchev–Trinajstić information content (AvgIpc) is 2.14. The summed E-state index contributed by atoms with van der Waals surface area (Å²) in [6.45, 7) is 13.2. The van der Waals surface area contributed by atoms with Gasteiger partial charge in [-0.3, -0.25) is 0 Å². The van der Waals surface area contributed by atoms with E-state index < -0.39 is 0 Å². The second-order valence-electron chi connectivity index (χ2n) is 3.64. The number of hydrogen-bond donors (Lipinski definition) is 1. The number of unbranched alkanes of at least 4 members (excludes halogenated alkanes) is 1. The van der Waals surface area contributed by atoms with Crippen molar-refractivity contribution in [2.24, 2.45) is 5.92 Å². The van der Waals surface area contributed by atoms with Gasteiger partial charge in [0.05, 0.1) is 0 Å². The van der Waals surface area contributed by atoms with Gasteiger partial charge in [-0.2, -0.15) is 0 Å². The van der Waals surface area contributed by atoms with Crippen molar-refractivity contribution < 1.29 is 0 Å². The molecule has 13 heavy (non-hydrogen) atoms. The third-order valence-electron chi connectivity index (χ3n) is 1.84. The first-order chi connectivity index (χ1) is 6.27. The summed E-state index contributed by atoms with van der Waals surface area (Å²) in [5.74, 6) is 0.864. The molecule has 0 saturated heterocycles. The quantitative estimate of drug-likeness (QED) is 0.597. The predicted molar refractivity (Wildman–Crippen MR) is 63.2 cm³/mol. The summed E-state index contributed by atoms with van der Waals surface area (Å²) in [6, 6.07) is 0. The smallest absolute Gasteiger partial charge is 0.00488 e. The Morgan fingerprint density at radius 1 is 1.00 bits per heavy atom. The lowest BCUT2D eigenvalue weighted by Crippen LogP contribution is -2.16. The van der Waals surface area contributed by atoms with Crippen LogP contribution in [0.15, 0.2) is 0 Å². The minimum atomic E-state index is 0.864.